The third-order valence-corrected chi connectivity index (χ3v) is 3.10. The van der Waals surface area contributed by atoms with Crippen LogP contribution in [0.3, 0.4) is 0 Å². The monoisotopic (exact) mass is 251 g/mol. The lowest BCUT2D eigenvalue weighted by Crippen LogP contribution is -2.18. The van der Waals surface area contributed by atoms with Crippen molar-refractivity contribution in [3.63, 3.8) is 0 Å². The fourth-order valence-corrected chi connectivity index (χ4v) is 1.87. The van der Waals surface area contributed by atoms with Crippen LogP contribution in [0, 0.1) is 26.1 Å². The summed E-state index contributed by atoms with van der Waals surface area (Å²) >= 11 is 0. The van der Waals surface area contributed by atoms with E-state index in [-0.39, 0.29) is 17.4 Å². The molecular formula is C11H13N3O4. The summed E-state index contributed by atoms with van der Waals surface area (Å²) in [5, 5.41) is 24.6. The summed E-state index contributed by atoms with van der Waals surface area (Å²) in [5.74, 6) is 0.541. The van der Waals surface area contributed by atoms with Crippen LogP contribution < -0.4 is 5.32 Å². The SMILES string of the molecule is CC(Nc1ccc([N+](=O)[O-])cc1[N+](=O)[O-])C1CC1. The molecule has 1 aliphatic carbocycles. The van der Waals surface area contributed by atoms with Crippen LogP contribution in [0.4, 0.5) is 17.1 Å². The van der Waals surface area contributed by atoms with Gasteiger partial charge in [-0.15, -0.1) is 0 Å². The van der Waals surface area contributed by atoms with Gasteiger partial charge < -0.3 is 5.32 Å². The molecule has 96 valence electrons. The van der Waals surface area contributed by atoms with Gasteiger partial charge in [-0.3, -0.25) is 20.2 Å². The summed E-state index contributed by atoms with van der Waals surface area (Å²) in [6.45, 7) is 1.96. The van der Waals surface area contributed by atoms with Crippen LogP contribution in [0.2, 0.25) is 0 Å². The maximum absolute atomic E-state index is 10.9. The van der Waals surface area contributed by atoms with E-state index in [4.69, 9.17) is 0 Å². The van der Waals surface area contributed by atoms with E-state index in [1.807, 2.05) is 6.92 Å². The van der Waals surface area contributed by atoms with Crippen LogP contribution in [0.15, 0.2) is 18.2 Å². The van der Waals surface area contributed by atoms with E-state index in [0.717, 1.165) is 18.9 Å². The minimum Gasteiger partial charge on any atom is -0.377 e. The lowest BCUT2D eigenvalue weighted by Gasteiger charge is -2.13. The molecule has 1 fully saturated rings. The average Bonchev–Trinajstić information content (AvgIpc) is 3.12. The first kappa shape index (κ1) is 12.3. The predicted molar refractivity (Wildman–Crippen MR) is 65.6 cm³/mol. The van der Waals surface area contributed by atoms with Crippen molar-refractivity contribution in [2.75, 3.05) is 5.32 Å². The lowest BCUT2D eigenvalue weighted by molar-refractivity contribution is -0.393. The first-order chi connectivity index (χ1) is 8.49. The number of anilines is 1. The Morgan fingerprint density at radius 2 is 1.94 bits per heavy atom. The van der Waals surface area contributed by atoms with E-state index in [9.17, 15) is 20.2 Å². The molecule has 2 rings (SSSR count). The molecule has 18 heavy (non-hydrogen) atoms. The van der Waals surface area contributed by atoms with E-state index in [0.29, 0.717) is 11.6 Å². The predicted octanol–water partition coefficient (Wildman–Crippen LogP) is 2.71. The summed E-state index contributed by atoms with van der Waals surface area (Å²) < 4.78 is 0. The Bertz CT molecular complexity index is 499. The number of hydrogen-bond donors (Lipinski definition) is 1. The summed E-state index contributed by atoms with van der Waals surface area (Å²) in [5.41, 5.74) is -0.187. The highest BCUT2D eigenvalue weighted by Crippen LogP contribution is 2.36. The molecule has 1 unspecified atom stereocenters. The number of nitrogens with zero attached hydrogens (tertiary/aromatic N) is 2. The molecule has 0 bridgehead atoms. The van der Waals surface area contributed by atoms with Crippen LogP contribution in [-0.4, -0.2) is 15.9 Å². The molecule has 1 N–H and O–H groups in total. The van der Waals surface area contributed by atoms with Crippen molar-refractivity contribution in [2.45, 2.75) is 25.8 Å². The van der Waals surface area contributed by atoms with Gasteiger partial charge in [0, 0.05) is 12.1 Å². The van der Waals surface area contributed by atoms with Crippen molar-refractivity contribution in [1.82, 2.24) is 0 Å². The van der Waals surface area contributed by atoms with Crippen LogP contribution >= 0.6 is 0 Å². The molecule has 1 aromatic rings. The van der Waals surface area contributed by atoms with Crippen molar-refractivity contribution >= 4 is 17.1 Å². The quantitative estimate of drug-likeness (QED) is 0.640. The summed E-state index contributed by atoms with van der Waals surface area (Å²) in [6, 6.07) is 3.80. The average molecular weight is 251 g/mol. The molecule has 0 aliphatic heterocycles. The normalized spacial score (nSPS) is 16.1. The Balaban J connectivity index is 2.27. The Hall–Kier alpha value is -2.18. The Kier molecular flexibility index (Phi) is 3.14. The Morgan fingerprint density at radius 3 is 2.44 bits per heavy atom. The number of benzene rings is 1. The van der Waals surface area contributed by atoms with Gasteiger partial charge in [0.1, 0.15) is 5.69 Å². The molecule has 0 radical (unpaired) electrons. The topological polar surface area (TPSA) is 98.3 Å². The fraction of sp³-hybridized carbons (Fsp3) is 0.455. The number of hydrogen-bond acceptors (Lipinski definition) is 5. The summed E-state index contributed by atoms with van der Waals surface area (Å²) in [6.07, 6.45) is 2.24. The molecule has 0 spiro atoms. The van der Waals surface area contributed by atoms with E-state index in [1.165, 1.54) is 12.1 Å². The molecule has 7 heteroatoms. The zero-order valence-corrected chi connectivity index (χ0v) is 9.83. The molecule has 0 heterocycles. The van der Waals surface area contributed by atoms with Crippen molar-refractivity contribution < 1.29 is 9.85 Å². The standard InChI is InChI=1S/C11H13N3O4/c1-7(8-2-3-8)12-10-5-4-9(13(15)16)6-11(10)14(17)18/h4-8,12H,2-3H2,1H3. The summed E-state index contributed by atoms with van der Waals surface area (Å²) in [4.78, 5) is 20.3. The van der Waals surface area contributed by atoms with Gasteiger partial charge >= 0.3 is 0 Å². The molecule has 1 aromatic carbocycles. The van der Waals surface area contributed by atoms with Crippen LogP contribution in [0.1, 0.15) is 19.8 Å². The molecule has 1 saturated carbocycles. The Labute approximate surface area is 103 Å². The fourth-order valence-electron chi connectivity index (χ4n) is 1.87. The maximum atomic E-state index is 10.9. The van der Waals surface area contributed by atoms with Gasteiger partial charge in [-0.25, -0.2) is 0 Å². The highest BCUT2D eigenvalue weighted by Gasteiger charge is 2.29. The van der Waals surface area contributed by atoms with Gasteiger partial charge in [-0.05, 0) is 31.7 Å². The number of nitro benzene ring substituents is 2. The van der Waals surface area contributed by atoms with Gasteiger partial charge in [-0.2, -0.15) is 0 Å². The maximum Gasteiger partial charge on any atom is 0.299 e. The van der Waals surface area contributed by atoms with Crippen LogP contribution in [0.5, 0.6) is 0 Å². The van der Waals surface area contributed by atoms with Gasteiger partial charge in [0.15, 0.2) is 0 Å². The van der Waals surface area contributed by atoms with E-state index < -0.39 is 9.85 Å². The second kappa shape index (κ2) is 4.59. The highest BCUT2D eigenvalue weighted by atomic mass is 16.6. The minimum atomic E-state index is -0.638. The van der Waals surface area contributed by atoms with E-state index >= 15 is 0 Å². The first-order valence-electron chi connectivity index (χ1n) is 5.68. The molecule has 1 aliphatic rings. The third kappa shape index (κ3) is 2.55. The van der Waals surface area contributed by atoms with Gasteiger partial charge in [-0.1, -0.05) is 0 Å². The second-order valence-corrected chi connectivity index (χ2v) is 4.49. The van der Waals surface area contributed by atoms with Crippen LogP contribution in [0.25, 0.3) is 0 Å². The first-order valence-corrected chi connectivity index (χ1v) is 5.68. The lowest BCUT2D eigenvalue weighted by atomic mass is 10.2. The summed E-state index contributed by atoms with van der Waals surface area (Å²) in [7, 11) is 0. The van der Waals surface area contributed by atoms with E-state index in [1.54, 1.807) is 0 Å². The molecule has 0 amide bonds. The number of nitro groups is 2. The van der Waals surface area contributed by atoms with Crippen LogP contribution in [-0.2, 0) is 0 Å². The molecule has 0 saturated heterocycles. The zero-order valence-electron chi connectivity index (χ0n) is 9.83. The molecule has 0 aromatic heterocycles. The highest BCUT2D eigenvalue weighted by molar-refractivity contribution is 5.65. The number of nitrogens with one attached hydrogen (secondary N) is 1. The molecule has 7 nitrogen and oxygen atoms in total. The van der Waals surface area contributed by atoms with Gasteiger partial charge in [0.05, 0.1) is 15.9 Å². The van der Waals surface area contributed by atoms with Crippen molar-refractivity contribution in [2.24, 2.45) is 5.92 Å². The number of rotatable bonds is 5. The zero-order chi connectivity index (χ0) is 13.3. The van der Waals surface area contributed by atoms with Gasteiger partial charge in [0.2, 0.25) is 0 Å². The van der Waals surface area contributed by atoms with Crippen molar-refractivity contribution in [1.29, 1.82) is 0 Å². The van der Waals surface area contributed by atoms with Crippen molar-refractivity contribution in [3.8, 4) is 0 Å². The minimum absolute atomic E-state index is 0.144. The van der Waals surface area contributed by atoms with Gasteiger partial charge in [0.25, 0.3) is 11.4 Å². The molecular weight excluding hydrogens is 238 g/mol. The third-order valence-electron chi connectivity index (χ3n) is 3.10. The second-order valence-electron chi connectivity index (χ2n) is 4.49. The van der Waals surface area contributed by atoms with E-state index in [2.05, 4.69) is 5.32 Å². The Morgan fingerprint density at radius 1 is 1.28 bits per heavy atom. The largest absolute Gasteiger partial charge is 0.377 e. The molecule has 1 atom stereocenters. The number of non-ortho nitro benzene ring substituents is 1. The smallest absolute Gasteiger partial charge is 0.299 e. The van der Waals surface area contributed by atoms with Crippen molar-refractivity contribution in [3.05, 3.63) is 38.4 Å².